The zero-order valence-corrected chi connectivity index (χ0v) is 23.0. The van der Waals surface area contributed by atoms with Crippen LogP contribution in [0.25, 0.3) is 0 Å². The first kappa shape index (κ1) is 29.0. The maximum atomic E-state index is 13.2. The van der Waals surface area contributed by atoms with Gasteiger partial charge in [0.05, 0.1) is 17.1 Å². The lowest BCUT2D eigenvalue weighted by molar-refractivity contribution is -0.387. The normalized spacial score (nSPS) is 25.2. The third-order valence-electron chi connectivity index (χ3n) is 7.19. The van der Waals surface area contributed by atoms with Crippen LogP contribution in [0.3, 0.4) is 0 Å². The first-order valence-electron chi connectivity index (χ1n) is 13.8. The number of sulfonamides is 1. The van der Waals surface area contributed by atoms with Gasteiger partial charge in [0.15, 0.2) is 10.7 Å². The van der Waals surface area contributed by atoms with E-state index in [1.165, 1.54) is 92.8 Å². The molecule has 3 rings (SSSR count). The Morgan fingerprint density at radius 1 is 0.944 bits per heavy atom. The first-order valence-corrected chi connectivity index (χ1v) is 15.2. The highest BCUT2D eigenvalue weighted by atomic mass is 32.2. The van der Waals surface area contributed by atoms with E-state index in [1.807, 2.05) is 13.8 Å². The third-order valence-corrected chi connectivity index (χ3v) is 9.13. The summed E-state index contributed by atoms with van der Waals surface area (Å²) in [5.74, 6) is -0.775. The second-order valence-electron chi connectivity index (χ2n) is 10.7. The maximum Gasteiger partial charge on any atom is 0.289 e. The molecule has 9 heteroatoms. The average Bonchev–Trinajstić information content (AvgIpc) is 3.58. The third kappa shape index (κ3) is 7.97. The monoisotopic (exact) mass is 524 g/mol. The number of nitro groups is 1. The van der Waals surface area contributed by atoms with Crippen molar-refractivity contribution in [2.45, 2.75) is 133 Å². The Morgan fingerprint density at radius 2 is 1.50 bits per heavy atom. The van der Waals surface area contributed by atoms with E-state index in [4.69, 9.17) is 9.47 Å². The van der Waals surface area contributed by atoms with Crippen LogP contribution in [0.4, 0.5) is 5.69 Å². The van der Waals surface area contributed by atoms with Crippen molar-refractivity contribution in [2.75, 3.05) is 6.54 Å². The van der Waals surface area contributed by atoms with Crippen molar-refractivity contribution >= 4 is 15.7 Å². The molecule has 0 spiro atoms. The molecule has 1 aromatic rings. The molecule has 2 fully saturated rings. The summed E-state index contributed by atoms with van der Waals surface area (Å²) in [5, 5.41) is 11.4. The molecule has 36 heavy (non-hydrogen) atoms. The molecule has 2 aliphatic heterocycles. The molecule has 0 bridgehead atoms. The van der Waals surface area contributed by atoms with Gasteiger partial charge in [0, 0.05) is 12.6 Å². The molecule has 204 valence electrons. The molecule has 1 unspecified atom stereocenters. The van der Waals surface area contributed by atoms with Gasteiger partial charge in [-0.3, -0.25) is 10.1 Å². The maximum absolute atomic E-state index is 13.2. The Morgan fingerprint density at radius 3 is 2.08 bits per heavy atom. The Kier molecular flexibility index (Phi) is 10.7. The SMILES string of the molecule is CCCCCCCCCCCCCC[C@H]1OC(C)(C)O[C@H]1[C@@H]1CN1S(=O)(=O)c1ccccc1[N+](=O)[O-]. The number of nitrogens with zero attached hydrogens (tertiary/aromatic N) is 2. The molecule has 0 radical (unpaired) electrons. The number of para-hydroxylation sites is 1. The molecular formula is C27H44N2O6S. The molecule has 4 atom stereocenters. The van der Waals surface area contributed by atoms with Crippen LogP contribution in [-0.4, -0.2) is 48.2 Å². The second kappa shape index (κ2) is 13.3. The van der Waals surface area contributed by atoms with Crippen molar-refractivity contribution in [1.29, 1.82) is 0 Å². The lowest BCUT2D eigenvalue weighted by Gasteiger charge is -2.17. The molecule has 0 saturated carbocycles. The van der Waals surface area contributed by atoms with Crippen LogP contribution in [0.2, 0.25) is 0 Å². The number of nitro benzene ring substituents is 1. The average molecular weight is 525 g/mol. The molecule has 2 heterocycles. The Hall–Kier alpha value is -1.55. The van der Waals surface area contributed by atoms with E-state index in [0.717, 1.165) is 19.3 Å². The zero-order valence-electron chi connectivity index (χ0n) is 22.2. The number of hydrogen-bond donors (Lipinski definition) is 0. The summed E-state index contributed by atoms with van der Waals surface area (Å²) in [7, 11) is -3.98. The van der Waals surface area contributed by atoms with E-state index in [1.54, 1.807) is 0 Å². The standard InChI is InChI=1S/C27H44N2O6S/c1-4-5-6-7-8-9-10-11-12-13-14-15-19-24-26(35-27(2,3)34-24)23-21-28(23)36(32,33)25-20-17-16-18-22(25)29(30)31/h16-18,20,23-24,26H,4-15,19,21H2,1-3H3/t23-,24+,26-,28?/m0/s1. The van der Waals surface area contributed by atoms with Crippen LogP contribution in [0.1, 0.15) is 104 Å². The molecule has 2 aliphatic rings. The number of rotatable bonds is 17. The van der Waals surface area contributed by atoms with Crippen LogP contribution < -0.4 is 0 Å². The highest BCUT2D eigenvalue weighted by Crippen LogP contribution is 2.42. The van der Waals surface area contributed by atoms with Gasteiger partial charge in [-0.1, -0.05) is 96.1 Å². The minimum Gasteiger partial charge on any atom is -0.345 e. The summed E-state index contributed by atoms with van der Waals surface area (Å²) >= 11 is 0. The van der Waals surface area contributed by atoms with Crippen LogP contribution >= 0.6 is 0 Å². The summed E-state index contributed by atoms with van der Waals surface area (Å²) in [6.45, 7) is 6.24. The van der Waals surface area contributed by atoms with Crippen LogP contribution in [0.5, 0.6) is 0 Å². The lowest BCUT2D eigenvalue weighted by atomic mass is 10.0. The van der Waals surface area contributed by atoms with Gasteiger partial charge in [0.1, 0.15) is 6.10 Å². The highest BCUT2D eigenvalue weighted by Gasteiger charge is 2.57. The van der Waals surface area contributed by atoms with Crippen molar-refractivity contribution in [3.8, 4) is 0 Å². The molecule has 0 aliphatic carbocycles. The van der Waals surface area contributed by atoms with Crippen molar-refractivity contribution in [3.63, 3.8) is 0 Å². The Labute approximate surface area is 216 Å². The van der Waals surface area contributed by atoms with E-state index in [-0.39, 0.29) is 29.7 Å². The summed E-state index contributed by atoms with van der Waals surface area (Å²) in [6, 6.07) is 5.13. The fraction of sp³-hybridized carbons (Fsp3) is 0.778. The van der Waals surface area contributed by atoms with Gasteiger partial charge in [-0.25, -0.2) is 8.42 Å². The lowest BCUT2D eigenvalue weighted by Crippen LogP contribution is -2.32. The largest absolute Gasteiger partial charge is 0.345 e. The molecule has 2 saturated heterocycles. The van der Waals surface area contributed by atoms with Gasteiger partial charge < -0.3 is 9.47 Å². The summed E-state index contributed by atoms with van der Waals surface area (Å²) in [5.41, 5.74) is -0.403. The van der Waals surface area contributed by atoms with Crippen molar-refractivity contribution < 1.29 is 22.8 Å². The number of benzene rings is 1. The van der Waals surface area contributed by atoms with E-state index in [0.29, 0.717) is 0 Å². The first-order chi connectivity index (χ1) is 17.2. The van der Waals surface area contributed by atoms with E-state index in [2.05, 4.69) is 6.92 Å². The topological polar surface area (TPSA) is 98.8 Å². The Bertz CT molecular complexity index is 951. The molecular weight excluding hydrogens is 480 g/mol. The summed E-state index contributed by atoms with van der Waals surface area (Å²) < 4.78 is 39.9. The molecule has 1 aromatic carbocycles. The zero-order chi connectivity index (χ0) is 26.2. The predicted molar refractivity (Wildman–Crippen MR) is 140 cm³/mol. The van der Waals surface area contributed by atoms with Crippen LogP contribution in [-0.2, 0) is 19.5 Å². The Balaban J connectivity index is 1.43. The van der Waals surface area contributed by atoms with Gasteiger partial charge in [0.2, 0.25) is 10.0 Å². The van der Waals surface area contributed by atoms with Crippen LogP contribution in [0.15, 0.2) is 29.2 Å². The second-order valence-corrected chi connectivity index (χ2v) is 12.5. The quantitative estimate of drug-likeness (QED) is 0.0988. The summed E-state index contributed by atoms with van der Waals surface area (Å²) in [4.78, 5) is 10.4. The molecule has 8 nitrogen and oxygen atoms in total. The fourth-order valence-corrected chi connectivity index (χ4v) is 6.97. The molecule has 0 aromatic heterocycles. The van der Waals surface area contributed by atoms with E-state index in [9.17, 15) is 18.5 Å². The predicted octanol–water partition coefficient (Wildman–Crippen LogP) is 6.58. The fourth-order valence-electron chi connectivity index (χ4n) is 5.23. The van der Waals surface area contributed by atoms with E-state index < -0.39 is 26.4 Å². The summed E-state index contributed by atoms with van der Waals surface area (Å²) in [6.07, 6.45) is 15.6. The smallest absolute Gasteiger partial charge is 0.289 e. The van der Waals surface area contributed by atoms with Crippen LogP contribution in [0, 0.1) is 10.1 Å². The van der Waals surface area contributed by atoms with E-state index >= 15 is 0 Å². The number of unbranched alkanes of at least 4 members (excludes halogenated alkanes) is 11. The molecule has 0 N–H and O–H groups in total. The highest BCUT2D eigenvalue weighted by molar-refractivity contribution is 7.89. The van der Waals surface area contributed by atoms with Crippen molar-refractivity contribution in [1.82, 2.24) is 4.31 Å². The minimum absolute atomic E-state index is 0.181. The van der Waals surface area contributed by atoms with Gasteiger partial charge >= 0.3 is 0 Å². The van der Waals surface area contributed by atoms with Crippen molar-refractivity contribution in [3.05, 3.63) is 34.4 Å². The van der Waals surface area contributed by atoms with Crippen molar-refractivity contribution in [2.24, 2.45) is 0 Å². The van der Waals surface area contributed by atoms with Gasteiger partial charge in [0.25, 0.3) is 5.69 Å². The minimum atomic E-state index is -3.98. The van der Waals surface area contributed by atoms with Gasteiger partial charge in [-0.2, -0.15) is 4.31 Å². The number of ether oxygens (including phenoxy) is 2. The number of hydrogen-bond acceptors (Lipinski definition) is 6. The molecule has 0 amide bonds. The van der Waals surface area contributed by atoms with Gasteiger partial charge in [-0.15, -0.1) is 0 Å². The van der Waals surface area contributed by atoms with Gasteiger partial charge in [-0.05, 0) is 26.3 Å².